The smallest absolute Gasteiger partial charge is 0.267 e. The zero-order valence-corrected chi connectivity index (χ0v) is 14.1. The lowest BCUT2D eigenvalue weighted by Crippen LogP contribution is -2.09. The zero-order chi connectivity index (χ0) is 13.4. The van der Waals surface area contributed by atoms with Crippen molar-refractivity contribution in [1.82, 2.24) is 4.98 Å². The van der Waals surface area contributed by atoms with Gasteiger partial charge in [-0.2, -0.15) is 0 Å². The second-order valence-corrected chi connectivity index (χ2v) is 8.10. The van der Waals surface area contributed by atoms with Gasteiger partial charge < -0.3 is 0 Å². The molecule has 3 rings (SSSR count). The first-order valence-electron chi connectivity index (χ1n) is 5.24. The average molecular weight is 418 g/mol. The van der Waals surface area contributed by atoms with Gasteiger partial charge in [-0.05, 0) is 46.3 Å². The number of anilines is 1. The lowest BCUT2D eigenvalue weighted by molar-refractivity contribution is 0.103. The number of hydrogen-bond donors (Lipinski definition) is 1. The van der Waals surface area contributed by atoms with Crippen LogP contribution in [0.25, 0.3) is 10.2 Å². The summed E-state index contributed by atoms with van der Waals surface area (Å²) in [7, 11) is 0. The number of halogens is 2. The van der Waals surface area contributed by atoms with Gasteiger partial charge in [0.2, 0.25) is 0 Å². The predicted molar refractivity (Wildman–Crippen MR) is 87.3 cm³/mol. The van der Waals surface area contributed by atoms with Crippen molar-refractivity contribution in [3.63, 3.8) is 0 Å². The maximum atomic E-state index is 12.0. The highest BCUT2D eigenvalue weighted by Crippen LogP contribution is 2.29. The molecule has 0 aliphatic carbocycles. The Bertz CT molecular complexity index is 766. The summed E-state index contributed by atoms with van der Waals surface area (Å²) in [6, 6.07) is 9.49. The van der Waals surface area contributed by atoms with Crippen LogP contribution in [-0.4, -0.2) is 10.9 Å². The summed E-state index contributed by atoms with van der Waals surface area (Å²) in [6.07, 6.45) is 0. The second-order valence-electron chi connectivity index (χ2n) is 3.69. The molecule has 0 fully saturated rings. The molecule has 96 valence electrons. The third-order valence-electron chi connectivity index (χ3n) is 2.37. The van der Waals surface area contributed by atoms with Crippen LogP contribution in [0.2, 0.25) is 0 Å². The number of benzene rings is 1. The minimum absolute atomic E-state index is 0.131. The summed E-state index contributed by atoms with van der Waals surface area (Å²) in [6.45, 7) is 0. The molecular weight excluding hydrogens is 412 g/mol. The molecule has 1 amide bonds. The largest absolute Gasteiger partial charge is 0.297 e. The molecule has 3 nitrogen and oxygen atoms in total. The summed E-state index contributed by atoms with van der Waals surface area (Å²) in [5.74, 6) is -0.131. The Labute approximate surface area is 133 Å². The van der Waals surface area contributed by atoms with E-state index in [1.54, 1.807) is 6.07 Å². The first-order valence-corrected chi connectivity index (χ1v) is 8.46. The van der Waals surface area contributed by atoms with Crippen LogP contribution in [0.3, 0.4) is 0 Å². The Kier molecular flexibility index (Phi) is 3.70. The molecule has 1 N–H and O–H groups in total. The van der Waals surface area contributed by atoms with Crippen molar-refractivity contribution in [3.8, 4) is 0 Å². The van der Waals surface area contributed by atoms with Gasteiger partial charge in [-0.1, -0.05) is 27.3 Å². The van der Waals surface area contributed by atoms with E-state index in [1.165, 1.54) is 22.7 Å². The number of nitrogens with zero attached hydrogens (tertiary/aromatic N) is 1. The maximum absolute atomic E-state index is 12.0. The summed E-state index contributed by atoms with van der Waals surface area (Å²) in [5, 5.41) is 3.44. The number of aromatic nitrogens is 1. The minimum atomic E-state index is -0.131. The first-order chi connectivity index (χ1) is 9.11. The Hall–Kier alpha value is -0.760. The van der Waals surface area contributed by atoms with Crippen molar-refractivity contribution in [2.45, 2.75) is 0 Å². The standard InChI is InChI=1S/C12H6Br2N2OS2/c13-6-1-2-7-9(5-6)19-12(15-7)16-11(17)8-3-4-10(14)18-8/h1-5H,(H,15,16,17). The number of hydrogen-bond acceptors (Lipinski definition) is 4. The number of carbonyl (C=O) groups is 1. The Morgan fingerprint density at radius 2 is 2.00 bits per heavy atom. The fraction of sp³-hybridized carbons (Fsp3) is 0. The molecule has 0 unspecified atom stereocenters. The second kappa shape index (κ2) is 5.32. The SMILES string of the molecule is O=C(Nc1nc2ccc(Br)cc2s1)c1ccc(Br)s1. The fourth-order valence-corrected chi connectivity index (χ4v) is 4.24. The van der Waals surface area contributed by atoms with E-state index in [-0.39, 0.29) is 5.91 Å². The Morgan fingerprint density at radius 1 is 1.16 bits per heavy atom. The maximum Gasteiger partial charge on any atom is 0.267 e. The molecule has 7 heteroatoms. The lowest BCUT2D eigenvalue weighted by atomic mass is 10.3. The molecule has 2 heterocycles. The third kappa shape index (κ3) is 2.89. The molecule has 2 aromatic heterocycles. The Balaban J connectivity index is 1.87. The van der Waals surface area contributed by atoms with Gasteiger partial charge in [-0.15, -0.1) is 11.3 Å². The van der Waals surface area contributed by atoms with Gasteiger partial charge in [0.05, 0.1) is 18.9 Å². The van der Waals surface area contributed by atoms with Crippen LogP contribution in [0.1, 0.15) is 9.67 Å². The van der Waals surface area contributed by atoms with Crippen LogP contribution in [0, 0.1) is 0 Å². The predicted octanol–water partition coefficient (Wildman–Crippen LogP) is 5.14. The number of amides is 1. The zero-order valence-electron chi connectivity index (χ0n) is 9.31. The number of nitrogens with one attached hydrogen (secondary N) is 1. The van der Waals surface area contributed by atoms with Crippen molar-refractivity contribution >= 4 is 75.8 Å². The summed E-state index contributed by atoms with van der Waals surface area (Å²) in [5.41, 5.74) is 0.885. The molecule has 1 aromatic carbocycles. The van der Waals surface area contributed by atoms with Gasteiger partial charge in [0, 0.05) is 4.47 Å². The van der Waals surface area contributed by atoms with Crippen LogP contribution in [-0.2, 0) is 0 Å². The van der Waals surface area contributed by atoms with Crippen molar-refractivity contribution in [3.05, 3.63) is 43.5 Å². The van der Waals surface area contributed by atoms with E-state index in [0.717, 1.165) is 18.5 Å². The van der Waals surface area contributed by atoms with Gasteiger partial charge in [0.1, 0.15) is 0 Å². The number of thiophene rings is 1. The van der Waals surface area contributed by atoms with E-state index in [2.05, 4.69) is 42.2 Å². The van der Waals surface area contributed by atoms with Crippen molar-refractivity contribution < 1.29 is 4.79 Å². The molecule has 0 spiro atoms. The lowest BCUT2D eigenvalue weighted by Gasteiger charge is -1.96. The average Bonchev–Trinajstić information content (AvgIpc) is 2.94. The van der Waals surface area contributed by atoms with Crippen LogP contribution >= 0.6 is 54.5 Å². The molecule has 19 heavy (non-hydrogen) atoms. The number of thiazole rings is 1. The quantitative estimate of drug-likeness (QED) is 0.627. The van der Waals surface area contributed by atoms with Gasteiger partial charge >= 0.3 is 0 Å². The van der Waals surface area contributed by atoms with Crippen molar-refractivity contribution in [2.75, 3.05) is 5.32 Å². The minimum Gasteiger partial charge on any atom is -0.297 e. The molecule has 0 saturated heterocycles. The third-order valence-corrected chi connectivity index (χ3v) is 5.42. The highest BCUT2D eigenvalue weighted by Gasteiger charge is 2.11. The molecule has 0 atom stereocenters. The van der Waals surface area contributed by atoms with E-state index < -0.39 is 0 Å². The van der Waals surface area contributed by atoms with Crippen LogP contribution in [0.5, 0.6) is 0 Å². The number of fused-ring (bicyclic) bond motifs is 1. The van der Waals surface area contributed by atoms with Crippen LogP contribution < -0.4 is 5.32 Å². The first kappa shape index (κ1) is 13.2. The molecule has 3 aromatic rings. The van der Waals surface area contributed by atoms with E-state index in [0.29, 0.717) is 10.0 Å². The summed E-state index contributed by atoms with van der Waals surface area (Å²) in [4.78, 5) is 17.1. The molecular formula is C12H6Br2N2OS2. The van der Waals surface area contributed by atoms with E-state index in [1.807, 2.05) is 24.3 Å². The van der Waals surface area contributed by atoms with E-state index in [4.69, 9.17) is 0 Å². The fourth-order valence-electron chi connectivity index (χ4n) is 1.55. The van der Waals surface area contributed by atoms with Gasteiger partial charge in [0.15, 0.2) is 5.13 Å². The molecule has 0 radical (unpaired) electrons. The van der Waals surface area contributed by atoms with Gasteiger partial charge in [-0.3, -0.25) is 10.1 Å². The normalized spacial score (nSPS) is 10.8. The van der Waals surface area contributed by atoms with E-state index >= 15 is 0 Å². The number of carbonyl (C=O) groups excluding carboxylic acids is 1. The van der Waals surface area contributed by atoms with Crippen molar-refractivity contribution in [2.24, 2.45) is 0 Å². The number of rotatable bonds is 2. The van der Waals surface area contributed by atoms with Gasteiger partial charge in [-0.25, -0.2) is 4.98 Å². The van der Waals surface area contributed by atoms with E-state index in [9.17, 15) is 4.79 Å². The highest BCUT2D eigenvalue weighted by atomic mass is 79.9. The summed E-state index contributed by atoms with van der Waals surface area (Å²) < 4.78 is 2.98. The van der Waals surface area contributed by atoms with Crippen molar-refractivity contribution in [1.29, 1.82) is 0 Å². The Morgan fingerprint density at radius 3 is 2.74 bits per heavy atom. The van der Waals surface area contributed by atoms with Crippen LogP contribution in [0.15, 0.2) is 38.6 Å². The molecule has 0 saturated carbocycles. The topological polar surface area (TPSA) is 42.0 Å². The molecule has 0 aliphatic heterocycles. The monoisotopic (exact) mass is 416 g/mol. The molecule has 0 aliphatic rings. The van der Waals surface area contributed by atoms with Crippen LogP contribution in [0.4, 0.5) is 5.13 Å². The highest BCUT2D eigenvalue weighted by molar-refractivity contribution is 9.11. The summed E-state index contributed by atoms with van der Waals surface area (Å²) >= 11 is 9.62. The van der Waals surface area contributed by atoms with Gasteiger partial charge in [0.25, 0.3) is 5.91 Å². The molecule has 0 bridgehead atoms.